The topological polar surface area (TPSA) is 50.8 Å². The number of halogens is 3. The number of ether oxygens (including phenoxy) is 2. The minimum atomic E-state index is -4.73. The van der Waals surface area contributed by atoms with Gasteiger partial charge in [0, 0.05) is 18.8 Å². The Morgan fingerprint density at radius 2 is 1.79 bits per heavy atom. The maximum atomic E-state index is 12.3. The Balaban J connectivity index is 1.93. The molecule has 1 aliphatic heterocycles. The highest BCUT2D eigenvalue weighted by Crippen LogP contribution is 2.24. The SMILES string of the molecule is C[C@@H]1CN([C@@H](C)C(=O)Nc2ccc(OC(F)(F)F)cc2)C[C@H](C)O1. The van der Waals surface area contributed by atoms with Gasteiger partial charge in [0.25, 0.3) is 0 Å². The average molecular weight is 346 g/mol. The molecule has 0 aromatic heterocycles. The van der Waals surface area contributed by atoms with Crippen molar-refractivity contribution in [1.29, 1.82) is 0 Å². The molecule has 1 saturated heterocycles. The van der Waals surface area contributed by atoms with Crippen molar-refractivity contribution in [2.24, 2.45) is 0 Å². The van der Waals surface area contributed by atoms with Gasteiger partial charge in [-0.25, -0.2) is 0 Å². The van der Waals surface area contributed by atoms with Crippen molar-refractivity contribution in [3.63, 3.8) is 0 Å². The molecule has 1 amide bonds. The van der Waals surface area contributed by atoms with Gasteiger partial charge in [0.15, 0.2) is 0 Å². The summed E-state index contributed by atoms with van der Waals surface area (Å²) in [5, 5.41) is 2.70. The molecule has 1 aromatic rings. The molecule has 1 N–H and O–H groups in total. The van der Waals surface area contributed by atoms with Crippen LogP contribution in [0.5, 0.6) is 5.75 Å². The summed E-state index contributed by atoms with van der Waals surface area (Å²) >= 11 is 0. The summed E-state index contributed by atoms with van der Waals surface area (Å²) in [5.41, 5.74) is 0.413. The summed E-state index contributed by atoms with van der Waals surface area (Å²) < 4.78 is 45.8. The van der Waals surface area contributed by atoms with E-state index in [0.29, 0.717) is 18.8 Å². The Morgan fingerprint density at radius 1 is 1.25 bits per heavy atom. The van der Waals surface area contributed by atoms with Crippen molar-refractivity contribution >= 4 is 11.6 Å². The number of hydrogen-bond acceptors (Lipinski definition) is 4. The van der Waals surface area contributed by atoms with Crippen LogP contribution >= 0.6 is 0 Å². The van der Waals surface area contributed by atoms with Crippen LogP contribution in [0.1, 0.15) is 20.8 Å². The largest absolute Gasteiger partial charge is 0.573 e. The molecule has 0 radical (unpaired) electrons. The quantitative estimate of drug-likeness (QED) is 0.911. The van der Waals surface area contributed by atoms with Gasteiger partial charge in [0.05, 0.1) is 18.2 Å². The van der Waals surface area contributed by atoms with Crippen LogP contribution in [0, 0.1) is 0 Å². The van der Waals surface area contributed by atoms with Crippen LogP contribution in [0.4, 0.5) is 18.9 Å². The lowest BCUT2D eigenvalue weighted by Crippen LogP contribution is -2.52. The van der Waals surface area contributed by atoms with Crippen molar-refractivity contribution in [1.82, 2.24) is 4.90 Å². The fourth-order valence-corrected chi connectivity index (χ4v) is 2.69. The second-order valence-electron chi connectivity index (χ2n) is 5.95. The number of rotatable bonds is 4. The molecule has 0 aliphatic carbocycles. The summed E-state index contributed by atoms with van der Waals surface area (Å²) in [7, 11) is 0. The van der Waals surface area contributed by atoms with E-state index in [1.807, 2.05) is 18.7 Å². The monoisotopic (exact) mass is 346 g/mol. The lowest BCUT2D eigenvalue weighted by Gasteiger charge is -2.38. The summed E-state index contributed by atoms with van der Waals surface area (Å²) in [4.78, 5) is 14.4. The molecule has 0 saturated carbocycles. The molecule has 1 aliphatic rings. The summed E-state index contributed by atoms with van der Waals surface area (Å²) in [6.07, 6.45) is -4.64. The van der Waals surface area contributed by atoms with Crippen molar-refractivity contribution in [2.45, 2.75) is 45.4 Å². The Hall–Kier alpha value is -1.80. The third-order valence-corrected chi connectivity index (χ3v) is 3.73. The number of amides is 1. The minimum Gasteiger partial charge on any atom is -0.406 e. The molecule has 24 heavy (non-hydrogen) atoms. The third-order valence-electron chi connectivity index (χ3n) is 3.73. The first-order valence-electron chi connectivity index (χ1n) is 7.70. The van der Waals surface area contributed by atoms with Gasteiger partial charge < -0.3 is 14.8 Å². The first kappa shape index (κ1) is 18.5. The van der Waals surface area contributed by atoms with Crippen LogP contribution in [0.25, 0.3) is 0 Å². The summed E-state index contributed by atoms with van der Waals surface area (Å²) in [6.45, 7) is 7.00. The average Bonchev–Trinajstić information content (AvgIpc) is 2.46. The number of carbonyl (C=O) groups is 1. The fourth-order valence-electron chi connectivity index (χ4n) is 2.69. The van der Waals surface area contributed by atoms with Crippen LogP contribution in [0.15, 0.2) is 24.3 Å². The number of nitrogens with one attached hydrogen (secondary N) is 1. The molecule has 1 aromatic carbocycles. The van der Waals surface area contributed by atoms with Gasteiger partial charge in [-0.05, 0) is 45.0 Å². The highest BCUT2D eigenvalue weighted by molar-refractivity contribution is 5.94. The summed E-state index contributed by atoms with van der Waals surface area (Å²) in [5.74, 6) is -0.551. The van der Waals surface area contributed by atoms with Gasteiger partial charge in [-0.3, -0.25) is 9.69 Å². The molecule has 0 unspecified atom stereocenters. The van der Waals surface area contributed by atoms with Gasteiger partial charge in [-0.15, -0.1) is 13.2 Å². The zero-order valence-electron chi connectivity index (χ0n) is 13.8. The highest BCUT2D eigenvalue weighted by Gasteiger charge is 2.31. The second kappa shape index (κ2) is 7.40. The molecule has 2 rings (SSSR count). The zero-order valence-corrected chi connectivity index (χ0v) is 13.8. The molecule has 1 fully saturated rings. The van der Waals surface area contributed by atoms with E-state index in [0.717, 1.165) is 12.1 Å². The molecular weight excluding hydrogens is 325 g/mol. The first-order valence-corrected chi connectivity index (χ1v) is 7.70. The van der Waals surface area contributed by atoms with Gasteiger partial charge in [0.1, 0.15) is 5.75 Å². The van der Waals surface area contributed by atoms with E-state index in [4.69, 9.17) is 4.74 Å². The van der Waals surface area contributed by atoms with Gasteiger partial charge in [-0.2, -0.15) is 0 Å². The van der Waals surface area contributed by atoms with Crippen LogP contribution in [-0.2, 0) is 9.53 Å². The highest BCUT2D eigenvalue weighted by atomic mass is 19.4. The smallest absolute Gasteiger partial charge is 0.406 e. The number of nitrogens with zero attached hydrogens (tertiary/aromatic N) is 1. The standard InChI is InChI=1S/C16H21F3N2O3/c1-10-8-21(9-11(2)23-10)12(3)15(22)20-13-4-6-14(7-5-13)24-16(17,18)19/h4-7,10-12H,8-9H2,1-3H3,(H,20,22)/t10-,11+,12-/m0/s1. The molecule has 5 nitrogen and oxygen atoms in total. The molecular formula is C16H21F3N2O3. The Kier molecular flexibility index (Phi) is 5.71. The third kappa shape index (κ3) is 5.38. The molecule has 0 spiro atoms. The van der Waals surface area contributed by atoms with E-state index in [9.17, 15) is 18.0 Å². The van der Waals surface area contributed by atoms with Gasteiger partial charge in [0.2, 0.25) is 5.91 Å². The van der Waals surface area contributed by atoms with E-state index in [-0.39, 0.29) is 29.9 Å². The predicted molar refractivity (Wildman–Crippen MR) is 82.8 cm³/mol. The molecule has 0 bridgehead atoms. The second-order valence-corrected chi connectivity index (χ2v) is 5.95. The zero-order chi connectivity index (χ0) is 17.9. The van der Waals surface area contributed by atoms with Crippen molar-refractivity contribution in [3.05, 3.63) is 24.3 Å². The lowest BCUT2D eigenvalue weighted by molar-refractivity contribution is -0.274. The summed E-state index contributed by atoms with van der Waals surface area (Å²) in [6, 6.07) is 4.69. The Labute approximate surface area is 138 Å². The lowest BCUT2D eigenvalue weighted by atomic mass is 10.1. The normalized spacial score (nSPS) is 23.6. The minimum absolute atomic E-state index is 0.0443. The van der Waals surface area contributed by atoms with E-state index < -0.39 is 6.36 Å². The molecule has 8 heteroatoms. The molecule has 1 heterocycles. The maximum Gasteiger partial charge on any atom is 0.573 e. The van der Waals surface area contributed by atoms with Crippen LogP contribution in [0.2, 0.25) is 0 Å². The number of carbonyl (C=O) groups excluding carboxylic acids is 1. The van der Waals surface area contributed by atoms with Crippen molar-refractivity contribution in [3.8, 4) is 5.75 Å². The number of hydrogen-bond donors (Lipinski definition) is 1. The van der Waals surface area contributed by atoms with Crippen LogP contribution in [-0.4, -0.2) is 48.5 Å². The van der Waals surface area contributed by atoms with E-state index in [1.54, 1.807) is 6.92 Å². The van der Waals surface area contributed by atoms with E-state index in [2.05, 4.69) is 10.1 Å². The van der Waals surface area contributed by atoms with Crippen LogP contribution < -0.4 is 10.1 Å². The van der Waals surface area contributed by atoms with Crippen molar-refractivity contribution < 1.29 is 27.4 Å². The molecule has 3 atom stereocenters. The first-order chi connectivity index (χ1) is 11.1. The van der Waals surface area contributed by atoms with Gasteiger partial charge in [-0.1, -0.05) is 0 Å². The maximum absolute atomic E-state index is 12.3. The number of benzene rings is 1. The number of morpholine rings is 1. The van der Waals surface area contributed by atoms with E-state index in [1.165, 1.54) is 12.1 Å². The predicted octanol–water partition coefficient (Wildman–Crippen LogP) is 3.02. The number of alkyl halides is 3. The van der Waals surface area contributed by atoms with Crippen molar-refractivity contribution in [2.75, 3.05) is 18.4 Å². The van der Waals surface area contributed by atoms with Gasteiger partial charge >= 0.3 is 6.36 Å². The Morgan fingerprint density at radius 3 is 2.29 bits per heavy atom. The fraction of sp³-hybridized carbons (Fsp3) is 0.562. The Bertz CT molecular complexity index is 553. The number of anilines is 1. The molecule has 134 valence electrons. The van der Waals surface area contributed by atoms with Crippen LogP contribution in [0.3, 0.4) is 0 Å². The van der Waals surface area contributed by atoms with E-state index >= 15 is 0 Å².